The van der Waals surface area contributed by atoms with Crippen molar-refractivity contribution in [2.75, 3.05) is 0 Å². The quantitative estimate of drug-likeness (QED) is 0.591. The third-order valence-electron chi connectivity index (χ3n) is 4.15. The maximum atomic E-state index is 12.3. The van der Waals surface area contributed by atoms with Crippen molar-refractivity contribution in [2.45, 2.75) is 13.5 Å². The first kappa shape index (κ1) is 16.7. The number of nitrogens with zero attached hydrogens (tertiary/aromatic N) is 4. The maximum absolute atomic E-state index is 12.3. The number of amides is 1. The third-order valence-corrected chi connectivity index (χ3v) is 4.15. The second-order valence-corrected chi connectivity index (χ2v) is 6.13. The molecule has 2 heterocycles. The summed E-state index contributed by atoms with van der Waals surface area (Å²) in [6.45, 7) is 2.40. The van der Waals surface area contributed by atoms with E-state index in [1.807, 2.05) is 55.5 Å². The second kappa shape index (κ2) is 7.25. The Morgan fingerprint density at radius 2 is 1.89 bits per heavy atom. The van der Waals surface area contributed by atoms with Gasteiger partial charge in [-0.3, -0.25) is 4.79 Å². The topological polar surface area (TPSA) is 85.8 Å². The molecule has 0 radical (unpaired) electrons. The van der Waals surface area contributed by atoms with E-state index in [1.165, 1.54) is 6.33 Å². The molecule has 2 aromatic heterocycles. The maximum Gasteiger partial charge on any atom is 0.290 e. The van der Waals surface area contributed by atoms with Crippen LogP contribution in [-0.2, 0) is 6.54 Å². The minimum absolute atomic E-state index is 0.185. The number of aryl methyl sites for hydroxylation is 1. The molecule has 1 amide bonds. The number of hydrogen-bond acceptors (Lipinski definition) is 5. The molecule has 7 nitrogen and oxygen atoms in total. The highest BCUT2D eigenvalue weighted by molar-refractivity contribution is 5.92. The van der Waals surface area contributed by atoms with Gasteiger partial charge in [0, 0.05) is 18.2 Å². The minimum atomic E-state index is -0.304. The first-order valence-electron chi connectivity index (χ1n) is 8.45. The normalized spacial score (nSPS) is 10.7. The molecule has 0 aliphatic rings. The molecule has 0 unspecified atom stereocenters. The molecule has 27 heavy (non-hydrogen) atoms. The fourth-order valence-corrected chi connectivity index (χ4v) is 2.62. The fraction of sp³-hybridized carbons (Fsp3) is 0.100. The molecule has 0 spiro atoms. The van der Waals surface area contributed by atoms with E-state index < -0.39 is 0 Å². The predicted octanol–water partition coefficient (Wildman–Crippen LogP) is 3.16. The summed E-state index contributed by atoms with van der Waals surface area (Å²) >= 11 is 0. The standard InChI is InChI=1S/C20H17N5O2/c1-14-2-6-16(7-3-14)18-10-19(27-24-18)20(26)22-11-15-4-8-17(9-5-15)25-13-21-12-23-25/h2-10,12-13H,11H2,1H3,(H,22,26). The first-order valence-corrected chi connectivity index (χ1v) is 8.45. The van der Waals surface area contributed by atoms with Crippen molar-refractivity contribution in [3.8, 4) is 16.9 Å². The molecule has 1 N–H and O–H groups in total. The lowest BCUT2D eigenvalue weighted by atomic mass is 10.1. The number of carbonyl (C=O) groups is 1. The molecule has 4 aromatic rings. The molecular formula is C20H17N5O2. The molecule has 0 fully saturated rings. The monoisotopic (exact) mass is 359 g/mol. The zero-order valence-electron chi connectivity index (χ0n) is 14.7. The first-order chi connectivity index (χ1) is 13.2. The summed E-state index contributed by atoms with van der Waals surface area (Å²) in [5.74, 6) is -0.119. The molecule has 134 valence electrons. The van der Waals surface area contributed by atoms with E-state index in [-0.39, 0.29) is 11.7 Å². The Morgan fingerprint density at radius 1 is 1.11 bits per heavy atom. The lowest BCUT2D eigenvalue weighted by Crippen LogP contribution is -2.22. The Labute approximate surface area is 155 Å². The summed E-state index contributed by atoms with van der Waals surface area (Å²) < 4.78 is 6.86. The van der Waals surface area contributed by atoms with Gasteiger partial charge in [0.05, 0.1) is 5.69 Å². The van der Waals surface area contributed by atoms with E-state index in [9.17, 15) is 4.79 Å². The third kappa shape index (κ3) is 3.77. The Bertz CT molecular complexity index is 1030. The van der Waals surface area contributed by atoms with Gasteiger partial charge in [-0.2, -0.15) is 5.10 Å². The second-order valence-electron chi connectivity index (χ2n) is 6.13. The Kier molecular flexibility index (Phi) is 4.49. The van der Waals surface area contributed by atoms with E-state index in [2.05, 4.69) is 20.6 Å². The molecule has 0 saturated carbocycles. The van der Waals surface area contributed by atoms with E-state index >= 15 is 0 Å². The molecule has 7 heteroatoms. The van der Waals surface area contributed by atoms with Crippen molar-refractivity contribution in [1.29, 1.82) is 0 Å². The van der Waals surface area contributed by atoms with Crippen molar-refractivity contribution in [3.63, 3.8) is 0 Å². The van der Waals surface area contributed by atoms with Crippen LogP contribution in [-0.4, -0.2) is 25.8 Å². The van der Waals surface area contributed by atoms with Crippen molar-refractivity contribution < 1.29 is 9.32 Å². The highest BCUT2D eigenvalue weighted by atomic mass is 16.5. The van der Waals surface area contributed by atoms with Crippen LogP contribution >= 0.6 is 0 Å². The number of carbonyl (C=O) groups excluding carboxylic acids is 1. The van der Waals surface area contributed by atoms with Crippen LogP contribution in [0, 0.1) is 6.92 Å². The number of aromatic nitrogens is 4. The van der Waals surface area contributed by atoms with Crippen molar-refractivity contribution in [3.05, 3.63) is 84.1 Å². The Balaban J connectivity index is 1.39. The smallest absolute Gasteiger partial charge is 0.290 e. The SMILES string of the molecule is Cc1ccc(-c2cc(C(=O)NCc3ccc(-n4cncn4)cc3)on2)cc1. The van der Waals surface area contributed by atoms with Crippen LogP contribution < -0.4 is 5.32 Å². The predicted molar refractivity (Wildman–Crippen MR) is 99.2 cm³/mol. The molecule has 0 aliphatic heterocycles. The number of hydrogen-bond donors (Lipinski definition) is 1. The van der Waals surface area contributed by atoms with Crippen LogP contribution in [0.25, 0.3) is 16.9 Å². The summed E-state index contributed by atoms with van der Waals surface area (Å²) in [4.78, 5) is 16.2. The van der Waals surface area contributed by atoms with Crippen molar-refractivity contribution in [2.24, 2.45) is 0 Å². The lowest BCUT2D eigenvalue weighted by molar-refractivity contribution is 0.0914. The summed E-state index contributed by atoms with van der Waals surface area (Å²) in [6, 6.07) is 17.2. The van der Waals surface area contributed by atoms with Crippen molar-refractivity contribution >= 4 is 5.91 Å². The lowest BCUT2D eigenvalue weighted by Gasteiger charge is -2.05. The van der Waals surface area contributed by atoms with Crippen LogP contribution in [0.5, 0.6) is 0 Å². The largest absolute Gasteiger partial charge is 0.350 e. The fourth-order valence-electron chi connectivity index (χ4n) is 2.62. The molecule has 2 aromatic carbocycles. The summed E-state index contributed by atoms with van der Waals surface area (Å²) in [7, 11) is 0. The van der Waals surface area contributed by atoms with Crippen LogP contribution in [0.4, 0.5) is 0 Å². The molecule has 0 saturated heterocycles. The highest BCUT2D eigenvalue weighted by Gasteiger charge is 2.13. The molecule has 0 bridgehead atoms. The number of rotatable bonds is 5. The van der Waals surface area contributed by atoms with Crippen LogP contribution in [0.2, 0.25) is 0 Å². The van der Waals surface area contributed by atoms with Gasteiger partial charge in [-0.25, -0.2) is 9.67 Å². The Morgan fingerprint density at radius 3 is 2.59 bits per heavy atom. The van der Waals surface area contributed by atoms with Gasteiger partial charge in [0.1, 0.15) is 18.3 Å². The summed E-state index contributed by atoms with van der Waals surface area (Å²) in [6.07, 6.45) is 3.11. The zero-order valence-corrected chi connectivity index (χ0v) is 14.7. The van der Waals surface area contributed by atoms with E-state index in [1.54, 1.807) is 17.1 Å². The van der Waals surface area contributed by atoms with Crippen LogP contribution in [0.15, 0.2) is 71.8 Å². The molecule has 0 atom stereocenters. The van der Waals surface area contributed by atoms with Crippen molar-refractivity contribution in [1.82, 2.24) is 25.2 Å². The van der Waals surface area contributed by atoms with Crippen LogP contribution in [0.1, 0.15) is 21.7 Å². The minimum Gasteiger partial charge on any atom is -0.350 e. The van der Waals surface area contributed by atoms with Gasteiger partial charge in [0.25, 0.3) is 5.91 Å². The number of benzene rings is 2. The summed E-state index contributed by atoms with van der Waals surface area (Å²) in [5.41, 5.74) is 4.57. The van der Waals surface area contributed by atoms with Gasteiger partial charge >= 0.3 is 0 Å². The van der Waals surface area contributed by atoms with Gasteiger partial charge in [-0.05, 0) is 24.6 Å². The molecular weight excluding hydrogens is 342 g/mol. The van der Waals surface area contributed by atoms with E-state index in [4.69, 9.17) is 4.52 Å². The average molecular weight is 359 g/mol. The summed E-state index contributed by atoms with van der Waals surface area (Å²) in [5, 5.41) is 10.9. The van der Waals surface area contributed by atoms with E-state index in [0.717, 1.165) is 22.4 Å². The number of nitrogens with one attached hydrogen (secondary N) is 1. The average Bonchev–Trinajstić information content (AvgIpc) is 3.39. The zero-order chi connectivity index (χ0) is 18.6. The van der Waals surface area contributed by atoms with E-state index in [0.29, 0.717) is 12.2 Å². The molecule has 4 rings (SSSR count). The van der Waals surface area contributed by atoms with Gasteiger partial charge in [-0.15, -0.1) is 0 Å². The van der Waals surface area contributed by atoms with Gasteiger partial charge in [0.15, 0.2) is 0 Å². The Hall–Kier alpha value is -3.74. The van der Waals surface area contributed by atoms with Gasteiger partial charge < -0.3 is 9.84 Å². The van der Waals surface area contributed by atoms with Gasteiger partial charge in [0.2, 0.25) is 5.76 Å². The molecule has 0 aliphatic carbocycles. The van der Waals surface area contributed by atoms with Crippen LogP contribution in [0.3, 0.4) is 0 Å². The van der Waals surface area contributed by atoms with Gasteiger partial charge in [-0.1, -0.05) is 47.1 Å². The highest BCUT2D eigenvalue weighted by Crippen LogP contribution is 2.19.